The summed E-state index contributed by atoms with van der Waals surface area (Å²) in [6.07, 6.45) is -0.000148. The minimum absolute atomic E-state index is 0.000148. The van der Waals surface area contributed by atoms with Crippen molar-refractivity contribution in [3.05, 3.63) is 64.7 Å². The molecule has 2 nitrogen and oxygen atoms in total. The van der Waals surface area contributed by atoms with E-state index in [-0.39, 0.29) is 12.1 Å². The molecule has 0 spiro atoms. The first-order valence-electron chi connectivity index (χ1n) is 6.80. The van der Waals surface area contributed by atoms with Crippen molar-refractivity contribution in [2.45, 2.75) is 26.0 Å². The van der Waals surface area contributed by atoms with E-state index in [0.29, 0.717) is 0 Å². The third kappa shape index (κ3) is 3.53. The standard InChI is InChI=1S/C17H20ClNO/c1-12(19-3)16-10-9-15(11-17(16)18)20-13(2)14-7-5-4-6-8-14/h4-13,19H,1-3H3. The maximum absolute atomic E-state index is 6.31. The number of hydrogen-bond donors (Lipinski definition) is 1. The van der Waals surface area contributed by atoms with Gasteiger partial charge in [-0.15, -0.1) is 0 Å². The Balaban J connectivity index is 2.13. The summed E-state index contributed by atoms with van der Waals surface area (Å²) in [5.74, 6) is 0.790. The first-order chi connectivity index (χ1) is 9.61. The van der Waals surface area contributed by atoms with Crippen molar-refractivity contribution >= 4 is 11.6 Å². The van der Waals surface area contributed by atoms with Gasteiger partial charge in [-0.05, 0) is 44.2 Å². The van der Waals surface area contributed by atoms with Crippen molar-refractivity contribution in [3.8, 4) is 5.75 Å². The van der Waals surface area contributed by atoms with E-state index < -0.39 is 0 Å². The van der Waals surface area contributed by atoms with Crippen LogP contribution in [0, 0.1) is 0 Å². The lowest BCUT2D eigenvalue weighted by molar-refractivity contribution is 0.227. The topological polar surface area (TPSA) is 21.3 Å². The molecular formula is C17H20ClNO. The molecule has 0 amide bonds. The minimum Gasteiger partial charge on any atom is -0.486 e. The maximum atomic E-state index is 6.31. The van der Waals surface area contributed by atoms with Crippen LogP contribution in [-0.4, -0.2) is 7.05 Å². The summed E-state index contributed by atoms with van der Waals surface area (Å²) in [5, 5.41) is 3.91. The summed E-state index contributed by atoms with van der Waals surface area (Å²) < 4.78 is 5.94. The highest BCUT2D eigenvalue weighted by atomic mass is 35.5. The van der Waals surface area contributed by atoms with Gasteiger partial charge in [-0.25, -0.2) is 0 Å². The molecule has 0 saturated heterocycles. The lowest BCUT2D eigenvalue weighted by Crippen LogP contribution is -2.12. The van der Waals surface area contributed by atoms with E-state index in [1.165, 1.54) is 0 Å². The quantitative estimate of drug-likeness (QED) is 0.857. The van der Waals surface area contributed by atoms with Gasteiger partial charge in [-0.3, -0.25) is 0 Å². The molecule has 0 aliphatic rings. The average Bonchev–Trinajstić information content (AvgIpc) is 2.47. The van der Waals surface area contributed by atoms with Crippen LogP contribution in [0.15, 0.2) is 48.5 Å². The molecule has 0 radical (unpaired) electrons. The molecule has 0 saturated carbocycles. The molecule has 0 aliphatic heterocycles. The van der Waals surface area contributed by atoms with E-state index in [4.69, 9.17) is 16.3 Å². The highest BCUT2D eigenvalue weighted by Crippen LogP contribution is 2.29. The van der Waals surface area contributed by atoms with Gasteiger partial charge < -0.3 is 10.1 Å². The molecular weight excluding hydrogens is 270 g/mol. The average molecular weight is 290 g/mol. The molecule has 2 unspecified atom stereocenters. The Morgan fingerprint density at radius 3 is 2.35 bits per heavy atom. The molecule has 2 rings (SSSR count). The molecule has 2 aromatic carbocycles. The van der Waals surface area contributed by atoms with Gasteiger partial charge in [-0.2, -0.15) is 0 Å². The summed E-state index contributed by atoms with van der Waals surface area (Å²) in [7, 11) is 1.92. The van der Waals surface area contributed by atoms with Gasteiger partial charge in [0.1, 0.15) is 11.9 Å². The zero-order valence-electron chi connectivity index (χ0n) is 12.1. The molecule has 2 atom stereocenters. The van der Waals surface area contributed by atoms with Crippen molar-refractivity contribution in [2.75, 3.05) is 7.05 Å². The van der Waals surface area contributed by atoms with Crippen molar-refractivity contribution in [1.82, 2.24) is 5.32 Å². The summed E-state index contributed by atoms with van der Waals surface area (Å²) >= 11 is 6.31. The van der Waals surface area contributed by atoms with Crippen molar-refractivity contribution in [2.24, 2.45) is 0 Å². The van der Waals surface area contributed by atoms with Crippen molar-refractivity contribution in [3.63, 3.8) is 0 Å². The fourth-order valence-corrected chi connectivity index (χ4v) is 2.42. The van der Waals surface area contributed by atoms with Crippen LogP contribution in [0.5, 0.6) is 5.75 Å². The number of nitrogens with one attached hydrogen (secondary N) is 1. The van der Waals surface area contributed by atoms with Crippen LogP contribution in [0.1, 0.15) is 37.1 Å². The highest BCUT2D eigenvalue weighted by Gasteiger charge is 2.11. The SMILES string of the molecule is CNC(C)c1ccc(OC(C)c2ccccc2)cc1Cl. The van der Waals surface area contributed by atoms with Gasteiger partial charge >= 0.3 is 0 Å². The van der Waals surface area contributed by atoms with E-state index in [1.807, 2.05) is 50.4 Å². The van der Waals surface area contributed by atoms with E-state index >= 15 is 0 Å². The Morgan fingerprint density at radius 1 is 1.05 bits per heavy atom. The Hall–Kier alpha value is -1.51. The van der Waals surface area contributed by atoms with Gasteiger partial charge in [0.15, 0.2) is 0 Å². The monoisotopic (exact) mass is 289 g/mol. The predicted molar refractivity (Wildman–Crippen MR) is 84.4 cm³/mol. The van der Waals surface area contributed by atoms with Gasteiger partial charge in [0.05, 0.1) is 0 Å². The van der Waals surface area contributed by atoms with E-state index in [9.17, 15) is 0 Å². The number of rotatable bonds is 5. The van der Waals surface area contributed by atoms with Crippen molar-refractivity contribution < 1.29 is 4.74 Å². The van der Waals surface area contributed by atoms with Crippen LogP contribution < -0.4 is 10.1 Å². The summed E-state index contributed by atoms with van der Waals surface area (Å²) in [6, 6.07) is 16.2. The molecule has 0 aliphatic carbocycles. The number of ether oxygens (including phenoxy) is 1. The zero-order chi connectivity index (χ0) is 14.5. The fourth-order valence-electron chi connectivity index (χ4n) is 2.08. The van der Waals surface area contributed by atoms with E-state index in [2.05, 4.69) is 24.4 Å². The second-order valence-electron chi connectivity index (χ2n) is 4.86. The second-order valence-corrected chi connectivity index (χ2v) is 5.27. The van der Waals surface area contributed by atoms with E-state index in [1.54, 1.807) is 0 Å². The van der Waals surface area contributed by atoms with Crippen LogP contribution in [0.2, 0.25) is 5.02 Å². The third-order valence-electron chi connectivity index (χ3n) is 3.45. The summed E-state index contributed by atoms with van der Waals surface area (Å²) in [5.41, 5.74) is 2.23. The number of hydrogen-bond acceptors (Lipinski definition) is 2. The molecule has 0 heterocycles. The van der Waals surface area contributed by atoms with Crippen LogP contribution >= 0.6 is 11.6 Å². The van der Waals surface area contributed by atoms with Crippen LogP contribution in [-0.2, 0) is 0 Å². The first kappa shape index (κ1) is 14.9. The lowest BCUT2D eigenvalue weighted by Gasteiger charge is -2.17. The summed E-state index contributed by atoms with van der Waals surface area (Å²) in [4.78, 5) is 0. The number of benzene rings is 2. The normalized spacial score (nSPS) is 13.8. The van der Waals surface area contributed by atoms with Crippen LogP contribution in [0.4, 0.5) is 0 Å². The van der Waals surface area contributed by atoms with E-state index in [0.717, 1.165) is 21.9 Å². The predicted octanol–water partition coefficient (Wildman–Crippen LogP) is 4.76. The fraction of sp³-hybridized carbons (Fsp3) is 0.294. The van der Waals surface area contributed by atoms with Gasteiger partial charge in [0.2, 0.25) is 0 Å². The Bertz CT molecular complexity index is 556. The minimum atomic E-state index is -0.000148. The maximum Gasteiger partial charge on any atom is 0.121 e. The summed E-state index contributed by atoms with van der Waals surface area (Å²) in [6.45, 7) is 4.11. The molecule has 106 valence electrons. The number of halogens is 1. The molecule has 0 fully saturated rings. The Morgan fingerprint density at radius 2 is 1.75 bits per heavy atom. The second kappa shape index (κ2) is 6.78. The van der Waals surface area contributed by atoms with Crippen molar-refractivity contribution in [1.29, 1.82) is 0 Å². The molecule has 0 aromatic heterocycles. The Kier molecular flexibility index (Phi) is 5.05. The molecule has 20 heavy (non-hydrogen) atoms. The molecule has 0 bridgehead atoms. The molecule has 3 heteroatoms. The van der Waals surface area contributed by atoms with Gasteiger partial charge in [0, 0.05) is 11.1 Å². The smallest absolute Gasteiger partial charge is 0.121 e. The Labute approximate surface area is 125 Å². The molecule has 1 N–H and O–H groups in total. The van der Waals surface area contributed by atoms with Crippen LogP contribution in [0.3, 0.4) is 0 Å². The molecule has 2 aromatic rings. The first-order valence-corrected chi connectivity index (χ1v) is 7.18. The zero-order valence-corrected chi connectivity index (χ0v) is 12.8. The van der Waals surface area contributed by atoms with Crippen LogP contribution in [0.25, 0.3) is 0 Å². The van der Waals surface area contributed by atoms with Gasteiger partial charge in [0.25, 0.3) is 0 Å². The highest BCUT2D eigenvalue weighted by molar-refractivity contribution is 6.31. The lowest BCUT2D eigenvalue weighted by atomic mass is 10.1. The van der Waals surface area contributed by atoms with Gasteiger partial charge in [-0.1, -0.05) is 48.0 Å². The third-order valence-corrected chi connectivity index (χ3v) is 3.78. The largest absolute Gasteiger partial charge is 0.486 e.